The zero-order valence-corrected chi connectivity index (χ0v) is 16.6. The van der Waals surface area contributed by atoms with Crippen molar-refractivity contribution in [2.24, 2.45) is 0 Å². The number of hydrogen-bond donors (Lipinski definition) is 1. The summed E-state index contributed by atoms with van der Waals surface area (Å²) in [5.74, 6) is 0.725. The fourth-order valence-electron chi connectivity index (χ4n) is 3.04. The van der Waals surface area contributed by atoms with Gasteiger partial charge in [-0.2, -0.15) is 0 Å². The second-order valence-electron chi connectivity index (χ2n) is 6.21. The molecule has 1 aliphatic rings. The number of fused-ring (bicyclic) bond motifs is 1. The van der Waals surface area contributed by atoms with Crippen molar-refractivity contribution in [1.29, 1.82) is 0 Å². The largest absolute Gasteiger partial charge is 0.493 e. The number of methoxy groups -OCH3 is 2. The molecule has 1 amide bonds. The smallest absolute Gasteiger partial charge is 0.414 e. The molecule has 0 aliphatic carbocycles. The molecule has 1 aromatic carbocycles. The summed E-state index contributed by atoms with van der Waals surface area (Å²) in [5.41, 5.74) is 1.33. The summed E-state index contributed by atoms with van der Waals surface area (Å²) in [6, 6.07) is 2.77. The van der Waals surface area contributed by atoms with Crippen molar-refractivity contribution in [2.75, 3.05) is 32.3 Å². The van der Waals surface area contributed by atoms with E-state index in [1.807, 2.05) is 6.92 Å². The first kappa shape index (κ1) is 20.6. The fraction of sp³-hybridized carbons (Fsp3) is 0.500. The number of nitrogens with zero attached hydrogens (tertiary/aromatic N) is 1. The third-order valence-electron chi connectivity index (χ3n) is 4.50. The molecule has 7 heteroatoms. The Bertz CT molecular complexity index is 729. The number of amides is 1. The number of unbranched alkanes of at least 4 members (excludes halogenated alkanes) is 1. The molecule has 0 saturated heterocycles. The van der Waals surface area contributed by atoms with E-state index in [-0.39, 0.29) is 12.4 Å². The molecule has 0 fully saturated rings. The van der Waals surface area contributed by atoms with Crippen molar-refractivity contribution < 1.29 is 23.8 Å². The van der Waals surface area contributed by atoms with E-state index in [0.717, 1.165) is 19.4 Å². The first-order valence-corrected chi connectivity index (χ1v) is 9.20. The lowest BCUT2D eigenvalue weighted by Crippen LogP contribution is -2.46. The van der Waals surface area contributed by atoms with Crippen LogP contribution in [0.15, 0.2) is 23.9 Å². The van der Waals surface area contributed by atoms with Crippen LogP contribution in [0.25, 0.3) is 0 Å². The second kappa shape index (κ2) is 9.30. The van der Waals surface area contributed by atoms with Crippen LogP contribution in [0.1, 0.15) is 44.0 Å². The van der Waals surface area contributed by atoms with Crippen molar-refractivity contribution in [3.63, 3.8) is 0 Å². The third-order valence-corrected chi connectivity index (χ3v) is 4.50. The number of benzene rings is 1. The molecule has 0 bridgehead atoms. The second-order valence-corrected chi connectivity index (χ2v) is 6.21. The van der Waals surface area contributed by atoms with E-state index in [0.29, 0.717) is 28.3 Å². The van der Waals surface area contributed by atoms with E-state index in [4.69, 9.17) is 14.2 Å². The Morgan fingerprint density at radius 3 is 2.48 bits per heavy atom. The molecule has 0 saturated carbocycles. The molecule has 1 N–H and O–H groups in total. The Hall–Kier alpha value is -2.70. The number of rotatable bonds is 7. The Morgan fingerprint density at radius 1 is 1.22 bits per heavy atom. The highest BCUT2D eigenvalue weighted by atomic mass is 16.6. The molecule has 1 atom stereocenters. The lowest BCUT2D eigenvalue weighted by atomic mass is 9.90. The zero-order chi connectivity index (χ0) is 20.0. The maximum absolute atomic E-state index is 13.1. The molecule has 1 aliphatic heterocycles. The van der Waals surface area contributed by atoms with E-state index in [1.54, 1.807) is 25.3 Å². The van der Waals surface area contributed by atoms with Crippen molar-refractivity contribution in [3.05, 3.63) is 29.5 Å². The van der Waals surface area contributed by atoms with Gasteiger partial charge in [0.05, 0.1) is 38.1 Å². The Kier molecular flexibility index (Phi) is 7.10. The summed E-state index contributed by atoms with van der Waals surface area (Å²) < 4.78 is 15.9. The zero-order valence-electron chi connectivity index (χ0n) is 16.6. The number of hydrogen-bond acceptors (Lipinski definition) is 6. The quantitative estimate of drug-likeness (QED) is 0.579. The number of carbonyl (C=O) groups is 2. The fourth-order valence-corrected chi connectivity index (χ4v) is 3.04. The van der Waals surface area contributed by atoms with Crippen LogP contribution in [0.4, 0.5) is 10.5 Å². The van der Waals surface area contributed by atoms with E-state index in [2.05, 4.69) is 12.2 Å². The first-order chi connectivity index (χ1) is 13.0. The van der Waals surface area contributed by atoms with Gasteiger partial charge in [-0.1, -0.05) is 13.3 Å². The van der Waals surface area contributed by atoms with E-state index >= 15 is 0 Å². The minimum atomic E-state index is -0.509. The maximum Gasteiger partial charge on any atom is 0.414 e. The molecule has 148 valence electrons. The minimum absolute atomic E-state index is 0.150. The summed E-state index contributed by atoms with van der Waals surface area (Å²) in [6.45, 7) is 6.66. The molecular weight excluding hydrogens is 348 g/mol. The monoisotopic (exact) mass is 376 g/mol. The first-order valence-electron chi connectivity index (χ1n) is 9.20. The summed E-state index contributed by atoms with van der Waals surface area (Å²) in [5, 5.41) is 3.17. The SMILES string of the molecule is CCCCNC=C1C(=O)c2cc(OC)c(OC)cc2N(C(=O)OCC)C1C. The van der Waals surface area contributed by atoms with Gasteiger partial charge in [-0.05, 0) is 26.3 Å². The molecule has 7 nitrogen and oxygen atoms in total. The van der Waals surface area contributed by atoms with Crippen LogP contribution in [-0.4, -0.2) is 45.3 Å². The van der Waals surface area contributed by atoms with Gasteiger partial charge in [0.2, 0.25) is 0 Å². The van der Waals surface area contributed by atoms with E-state index in [9.17, 15) is 9.59 Å². The molecule has 1 unspecified atom stereocenters. The lowest BCUT2D eigenvalue weighted by Gasteiger charge is -2.35. The van der Waals surface area contributed by atoms with Crippen molar-refractivity contribution in [1.82, 2.24) is 5.32 Å². The Balaban J connectivity index is 2.55. The molecule has 0 aromatic heterocycles. The molecule has 27 heavy (non-hydrogen) atoms. The van der Waals surface area contributed by atoms with Gasteiger partial charge in [-0.25, -0.2) is 4.79 Å². The van der Waals surface area contributed by atoms with Crippen molar-refractivity contribution >= 4 is 17.6 Å². The van der Waals surface area contributed by atoms with E-state index in [1.165, 1.54) is 19.1 Å². The van der Waals surface area contributed by atoms with Crippen molar-refractivity contribution in [2.45, 2.75) is 39.7 Å². The predicted molar refractivity (Wildman–Crippen MR) is 104 cm³/mol. The number of Topliss-reactive ketones (excluding diaryl/α,β-unsaturated/α-hetero) is 1. The van der Waals surface area contributed by atoms with E-state index < -0.39 is 12.1 Å². The topological polar surface area (TPSA) is 77.1 Å². The van der Waals surface area contributed by atoms with Gasteiger partial charge in [-0.15, -0.1) is 0 Å². The van der Waals surface area contributed by atoms with Crippen LogP contribution in [0.5, 0.6) is 11.5 Å². The summed E-state index contributed by atoms with van der Waals surface area (Å²) in [7, 11) is 3.02. The van der Waals surface area contributed by atoms with Crippen LogP contribution in [0.2, 0.25) is 0 Å². The molecule has 0 radical (unpaired) electrons. The molecule has 1 aromatic rings. The van der Waals surface area contributed by atoms with Gasteiger partial charge in [0, 0.05) is 24.4 Å². The Morgan fingerprint density at radius 2 is 1.89 bits per heavy atom. The number of carbonyl (C=O) groups excluding carboxylic acids is 2. The summed E-state index contributed by atoms with van der Waals surface area (Å²) >= 11 is 0. The lowest BCUT2D eigenvalue weighted by molar-refractivity contribution is 0.102. The number of ether oxygens (including phenoxy) is 3. The summed E-state index contributed by atoms with van der Waals surface area (Å²) in [6.07, 6.45) is 3.24. The average Bonchev–Trinajstić information content (AvgIpc) is 2.66. The average molecular weight is 376 g/mol. The highest BCUT2D eigenvalue weighted by Crippen LogP contribution is 2.41. The van der Waals surface area contributed by atoms with Gasteiger partial charge in [-0.3, -0.25) is 9.69 Å². The maximum atomic E-state index is 13.1. The Labute approximate surface area is 160 Å². The van der Waals surface area contributed by atoms with Gasteiger partial charge in [0.1, 0.15) is 0 Å². The molecular formula is C20H28N2O5. The van der Waals surface area contributed by atoms with Gasteiger partial charge in [0.25, 0.3) is 0 Å². The molecule has 2 rings (SSSR count). The van der Waals surface area contributed by atoms with Crippen LogP contribution in [0, 0.1) is 0 Å². The summed E-state index contributed by atoms with van der Waals surface area (Å²) in [4.78, 5) is 27.2. The van der Waals surface area contributed by atoms with Crippen LogP contribution < -0.4 is 19.7 Å². The van der Waals surface area contributed by atoms with Crippen molar-refractivity contribution in [3.8, 4) is 11.5 Å². The van der Waals surface area contributed by atoms with Crippen LogP contribution >= 0.6 is 0 Å². The standard InChI is InChI=1S/C20H28N2O5/c1-6-8-9-21-12-15-13(3)22(20(24)27-7-2)16-11-18(26-5)17(25-4)10-14(16)19(15)23/h10-13,21H,6-9H2,1-5H3. The van der Waals surface area contributed by atoms with Gasteiger partial charge < -0.3 is 19.5 Å². The van der Waals surface area contributed by atoms with Gasteiger partial charge >= 0.3 is 6.09 Å². The number of anilines is 1. The van der Waals surface area contributed by atoms with Crippen LogP contribution in [-0.2, 0) is 4.74 Å². The molecule has 0 spiro atoms. The highest BCUT2D eigenvalue weighted by molar-refractivity contribution is 6.18. The number of ketones is 1. The number of nitrogens with one attached hydrogen (secondary N) is 1. The van der Waals surface area contributed by atoms with Gasteiger partial charge in [0.15, 0.2) is 17.3 Å². The normalized spacial score (nSPS) is 17.5. The highest BCUT2D eigenvalue weighted by Gasteiger charge is 2.38. The molecule has 1 heterocycles. The van der Waals surface area contributed by atoms with Crippen LogP contribution in [0.3, 0.4) is 0 Å². The third kappa shape index (κ3) is 4.18. The minimum Gasteiger partial charge on any atom is -0.493 e. The predicted octanol–water partition coefficient (Wildman–Crippen LogP) is 3.53.